The van der Waals surface area contributed by atoms with Crippen molar-refractivity contribution in [2.24, 2.45) is 0 Å². The highest BCUT2D eigenvalue weighted by Crippen LogP contribution is 2.27. The summed E-state index contributed by atoms with van der Waals surface area (Å²) in [5.41, 5.74) is 2.74. The molecule has 122 valence electrons. The summed E-state index contributed by atoms with van der Waals surface area (Å²) in [6.07, 6.45) is 1.77. The van der Waals surface area contributed by atoms with Crippen LogP contribution in [0.3, 0.4) is 0 Å². The third-order valence-corrected chi connectivity index (χ3v) is 3.60. The molecule has 1 aromatic carbocycles. The van der Waals surface area contributed by atoms with Crippen molar-refractivity contribution < 1.29 is 19.1 Å². The van der Waals surface area contributed by atoms with Crippen molar-refractivity contribution in [1.82, 2.24) is 9.61 Å². The molecule has 0 atom stereocenters. The molecular formula is C18H16N2O4. The molecule has 0 amide bonds. The molecule has 0 aliphatic heterocycles. The first kappa shape index (κ1) is 15.7. The molecule has 0 aliphatic carbocycles. The summed E-state index contributed by atoms with van der Waals surface area (Å²) in [5.74, 6) is -0.840. The van der Waals surface area contributed by atoms with Gasteiger partial charge in [0.05, 0.1) is 24.8 Å². The molecule has 2 aromatic heterocycles. The second-order valence-corrected chi connectivity index (χ2v) is 5.04. The van der Waals surface area contributed by atoms with Crippen molar-refractivity contribution in [3.05, 3.63) is 59.8 Å². The number of carbonyl (C=O) groups is 2. The van der Waals surface area contributed by atoms with Gasteiger partial charge in [0.2, 0.25) is 0 Å². The fraction of sp³-hybridized carbons (Fsp3) is 0.167. The molecule has 0 aliphatic rings. The molecule has 2 heterocycles. The van der Waals surface area contributed by atoms with Gasteiger partial charge >= 0.3 is 11.9 Å². The van der Waals surface area contributed by atoms with Gasteiger partial charge in [-0.15, -0.1) is 0 Å². The van der Waals surface area contributed by atoms with Gasteiger partial charge in [-0.05, 0) is 31.2 Å². The molecule has 0 spiro atoms. The normalized spacial score (nSPS) is 10.6. The maximum Gasteiger partial charge on any atom is 0.342 e. The van der Waals surface area contributed by atoms with Crippen molar-refractivity contribution in [3.63, 3.8) is 0 Å². The van der Waals surface area contributed by atoms with Crippen LogP contribution in [0.4, 0.5) is 0 Å². The van der Waals surface area contributed by atoms with Crippen LogP contribution in [0.25, 0.3) is 16.8 Å². The van der Waals surface area contributed by atoms with Gasteiger partial charge in [0.15, 0.2) is 0 Å². The predicted molar refractivity (Wildman–Crippen MR) is 87.9 cm³/mol. The van der Waals surface area contributed by atoms with Crippen LogP contribution in [-0.2, 0) is 9.47 Å². The summed E-state index contributed by atoms with van der Waals surface area (Å²) in [6, 6.07) is 12.2. The first-order valence-corrected chi connectivity index (χ1v) is 7.49. The lowest BCUT2D eigenvalue weighted by Gasteiger charge is -2.04. The van der Waals surface area contributed by atoms with E-state index in [4.69, 9.17) is 9.47 Å². The Hall–Kier alpha value is -3.15. The SMILES string of the molecule is CCOC(=O)c1c(-c2ccc(C(=O)OC)cc2)nn2ccccc12. The van der Waals surface area contributed by atoms with Gasteiger partial charge in [0, 0.05) is 11.8 Å². The van der Waals surface area contributed by atoms with Crippen LogP contribution in [-0.4, -0.2) is 35.3 Å². The van der Waals surface area contributed by atoms with E-state index in [9.17, 15) is 9.59 Å². The molecular weight excluding hydrogens is 308 g/mol. The van der Waals surface area contributed by atoms with Crippen LogP contribution < -0.4 is 0 Å². The number of hydrogen-bond acceptors (Lipinski definition) is 5. The second kappa shape index (κ2) is 6.54. The Morgan fingerprint density at radius 1 is 1.08 bits per heavy atom. The zero-order valence-electron chi connectivity index (χ0n) is 13.4. The zero-order valence-corrected chi connectivity index (χ0v) is 13.4. The summed E-state index contributed by atoms with van der Waals surface area (Å²) >= 11 is 0. The van der Waals surface area contributed by atoms with E-state index >= 15 is 0 Å². The smallest absolute Gasteiger partial charge is 0.342 e. The number of carbonyl (C=O) groups excluding carboxylic acids is 2. The Bertz CT molecular complexity index is 897. The fourth-order valence-corrected chi connectivity index (χ4v) is 2.49. The fourth-order valence-electron chi connectivity index (χ4n) is 2.49. The molecule has 0 N–H and O–H groups in total. The maximum absolute atomic E-state index is 12.4. The molecule has 0 saturated carbocycles. The van der Waals surface area contributed by atoms with Gasteiger partial charge < -0.3 is 9.47 Å². The Morgan fingerprint density at radius 3 is 2.50 bits per heavy atom. The number of aromatic nitrogens is 2. The van der Waals surface area contributed by atoms with Crippen LogP contribution in [0.2, 0.25) is 0 Å². The summed E-state index contributed by atoms with van der Waals surface area (Å²) < 4.78 is 11.5. The van der Waals surface area contributed by atoms with Gasteiger partial charge in [-0.2, -0.15) is 5.10 Å². The molecule has 3 rings (SSSR count). The van der Waals surface area contributed by atoms with E-state index in [0.717, 1.165) is 5.56 Å². The highest BCUT2D eigenvalue weighted by molar-refractivity contribution is 6.03. The van der Waals surface area contributed by atoms with Gasteiger partial charge in [0.1, 0.15) is 11.3 Å². The first-order valence-electron chi connectivity index (χ1n) is 7.49. The molecule has 24 heavy (non-hydrogen) atoms. The number of fused-ring (bicyclic) bond motifs is 1. The van der Waals surface area contributed by atoms with Gasteiger partial charge in [-0.1, -0.05) is 18.2 Å². The van der Waals surface area contributed by atoms with Gasteiger partial charge in [-0.25, -0.2) is 14.1 Å². The van der Waals surface area contributed by atoms with E-state index in [1.165, 1.54) is 7.11 Å². The number of pyridine rings is 1. The van der Waals surface area contributed by atoms with Crippen LogP contribution >= 0.6 is 0 Å². The van der Waals surface area contributed by atoms with E-state index < -0.39 is 11.9 Å². The van der Waals surface area contributed by atoms with Crippen LogP contribution in [0.5, 0.6) is 0 Å². The molecule has 3 aromatic rings. The molecule has 0 unspecified atom stereocenters. The Labute approximate surface area is 138 Å². The lowest BCUT2D eigenvalue weighted by molar-refractivity contribution is 0.0528. The third kappa shape index (κ3) is 2.74. The van der Waals surface area contributed by atoms with E-state index in [0.29, 0.717) is 22.3 Å². The van der Waals surface area contributed by atoms with Crippen molar-refractivity contribution >= 4 is 17.5 Å². The van der Waals surface area contributed by atoms with Crippen LogP contribution in [0.15, 0.2) is 48.7 Å². The highest BCUT2D eigenvalue weighted by atomic mass is 16.5. The summed E-state index contributed by atoms with van der Waals surface area (Å²) in [6.45, 7) is 2.04. The third-order valence-electron chi connectivity index (χ3n) is 3.60. The van der Waals surface area contributed by atoms with Crippen molar-refractivity contribution in [2.45, 2.75) is 6.92 Å². The van der Waals surface area contributed by atoms with Gasteiger partial charge in [0.25, 0.3) is 0 Å². The molecule has 0 radical (unpaired) electrons. The Kier molecular flexibility index (Phi) is 4.29. The van der Waals surface area contributed by atoms with Gasteiger partial charge in [-0.3, -0.25) is 0 Å². The standard InChI is InChI=1S/C18H16N2O4/c1-3-24-18(22)15-14-6-4-5-11-20(14)19-16(15)12-7-9-13(10-8-12)17(21)23-2/h4-11H,3H2,1-2H3. The van der Waals surface area contributed by atoms with E-state index in [2.05, 4.69) is 5.10 Å². The summed E-state index contributed by atoms with van der Waals surface area (Å²) in [5, 5.41) is 4.48. The number of nitrogens with zero attached hydrogens (tertiary/aromatic N) is 2. The molecule has 6 heteroatoms. The molecule has 0 saturated heterocycles. The topological polar surface area (TPSA) is 69.9 Å². The molecule has 0 bridgehead atoms. The average molecular weight is 324 g/mol. The molecule has 0 fully saturated rings. The highest BCUT2D eigenvalue weighted by Gasteiger charge is 2.22. The van der Waals surface area contributed by atoms with Crippen molar-refractivity contribution in [1.29, 1.82) is 0 Å². The Balaban J connectivity index is 2.13. The first-order chi connectivity index (χ1) is 11.7. The van der Waals surface area contributed by atoms with E-state index in [-0.39, 0.29) is 6.61 Å². The minimum absolute atomic E-state index is 0.281. The number of methoxy groups -OCH3 is 1. The number of esters is 2. The minimum Gasteiger partial charge on any atom is -0.465 e. The summed E-state index contributed by atoms with van der Waals surface area (Å²) in [7, 11) is 1.33. The van der Waals surface area contributed by atoms with Crippen molar-refractivity contribution in [2.75, 3.05) is 13.7 Å². The number of hydrogen-bond donors (Lipinski definition) is 0. The molecule has 6 nitrogen and oxygen atoms in total. The predicted octanol–water partition coefficient (Wildman–Crippen LogP) is 2.96. The quantitative estimate of drug-likeness (QED) is 0.690. The Morgan fingerprint density at radius 2 is 1.83 bits per heavy atom. The lowest BCUT2D eigenvalue weighted by atomic mass is 10.0. The number of benzene rings is 1. The lowest BCUT2D eigenvalue weighted by Crippen LogP contribution is -2.06. The summed E-state index contributed by atoms with van der Waals surface area (Å²) in [4.78, 5) is 23.9. The maximum atomic E-state index is 12.4. The van der Waals surface area contributed by atoms with Crippen LogP contribution in [0.1, 0.15) is 27.6 Å². The largest absolute Gasteiger partial charge is 0.465 e. The second-order valence-electron chi connectivity index (χ2n) is 5.04. The number of ether oxygens (including phenoxy) is 2. The van der Waals surface area contributed by atoms with Crippen LogP contribution in [0, 0.1) is 0 Å². The number of rotatable bonds is 4. The van der Waals surface area contributed by atoms with E-state index in [1.807, 2.05) is 18.2 Å². The van der Waals surface area contributed by atoms with Crippen molar-refractivity contribution in [3.8, 4) is 11.3 Å². The van der Waals surface area contributed by atoms with E-state index in [1.54, 1.807) is 41.9 Å². The monoisotopic (exact) mass is 324 g/mol. The minimum atomic E-state index is -0.425. The zero-order chi connectivity index (χ0) is 17.1. The average Bonchev–Trinajstić information content (AvgIpc) is 3.01.